The van der Waals surface area contributed by atoms with Crippen molar-refractivity contribution in [3.63, 3.8) is 0 Å². The van der Waals surface area contributed by atoms with Gasteiger partial charge in [-0.05, 0) is 24.5 Å². The van der Waals surface area contributed by atoms with Gasteiger partial charge < -0.3 is 14.4 Å². The Morgan fingerprint density at radius 2 is 2.11 bits per heavy atom. The van der Waals surface area contributed by atoms with Crippen LogP contribution in [0.4, 0.5) is 13.6 Å². The molecule has 27 heavy (non-hydrogen) atoms. The fourth-order valence-electron chi connectivity index (χ4n) is 3.56. The van der Waals surface area contributed by atoms with Crippen LogP contribution >= 0.6 is 11.6 Å². The molecule has 0 fully saturated rings. The monoisotopic (exact) mass is 399 g/mol. The van der Waals surface area contributed by atoms with E-state index in [1.807, 2.05) is 11.5 Å². The molecule has 1 unspecified atom stereocenters. The Morgan fingerprint density at radius 3 is 2.74 bits per heavy atom. The first-order valence-corrected chi connectivity index (χ1v) is 9.01. The van der Waals surface area contributed by atoms with Crippen molar-refractivity contribution in [3.8, 4) is 5.75 Å². The second-order valence-corrected chi connectivity index (χ2v) is 6.68. The van der Waals surface area contributed by atoms with Crippen molar-refractivity contribution in [1.29, 1.82) is 0 Å². The second-order valence-electron chi connectivity index (χ2n) is 6.32. The molecule has 2 heterocycles. The first-order chi connectivity index (χ1) is 12.9. The second kappa shape index (κ2) is 7.72. The average molecular weight is 400 g/mol. The minimum absolute atomic E-state index is 0.143. The van der Waals surface area contributed by atoms with Crippen molar-refractivity contribution in [2.75, 3.05) is 13.7 Å². The molecule has 3 rings (SSSR count). The van der Waals surface area contributed by atoms with E-state index in [-0.39, 0.29) is 35.9 Å². The van der Waals surface area contributed by atoms with Gasteiger partial charge in [-0.2, -0.15) is 0 Å². The lowest BCUT2D eigenvalue weighted by atomic mass is 10.00. The smallest absolute Gasteiger partial charge is 0.407 e. The van der Waals surface area contributed by atoms with Crippen molar-refractivity contribution >= 4 is 17.7 Å². The van der Waals surface area contributed by atoms with Crippen LogP contribution in [0, 0.1) is 11.6 Å². The lowest BCUT2D eigenvalue weighted by molar-refractivity contribution is 0.106. The molecule has 1 aromatic heterocycles. The first-order valence-electron chi connectivity index (χ1n) is 8.63. The number of halogens is 3. The van der Waals surface area contributed by atoms with Gasteiger partial charge in [0.15, 0.2) is 16.7 Å². The van der Waals surface area contributed by atoms with Gasteiger partial charge in [-0.3, -0.25) is 4.90 Å². The van der Waals surface area contributed by atoms with E-state index in [0.717, 1.165) is 18.0 Å². The summed E-state index contributed by atoms with van der Waals surface area (Å²) >= 11 is 6.28. The number of carbonyl (C=O) groups is 1. The SMILES string of the molecule is CCc1nc(Cl)c2n1CCN(C(=O)O)C2CCc1cc(F)c(OC)cc1F. The summed E-state index contributed by atoms with van der Waals surface area (Å²) in [4.78, 5) is 17.3. The summed E-state index contributed by atoms with van der Waals surface area (Å²) in [6.07, 6.45) is -0.0195. The number of aryl methyl sites for hydroxylation is 2. The van der Waals surface area contributed by atoms with Crippen molar-refractivity contribution in [2.24, 2.45) is 0 Å². The third-order valence-corrected chi connectivity index (χ3v) is 5.15. The molecule has 1 amide bonds. The minimum Gasteiger partial charge on any atom is -0.494 e. The zero-order chi connectivity index (χ0) is 19.7. The van der Waals surface area contributed by atoms with Crippen LogP contribution in [0.25, 0.3) is 0 Å². The molecule has 1 atom stereocenters. The maximum atomic E-state index is 14.2. The zero-order valence-corrected chi connectivity index (χ0v) is 15.8. The molecule has 0 saturated carbocycles. The van der Waals surface area contributed by atoms with Gasteiger partial charge in [0.1, 0.15) is 11.6 Å². The van der Waals surface area contributed by atoms with Crippen molar-refractivity contribution < 1.29 is 23.4 Å². The highest BCUT2D eigenvalue weighted by Gasteiger charge is 2.35. The Kier molecular flexibility index (Phi) is 5.55. The maximum Gasteiger partial charge on any atom is 0.407 e. The van der Waals surface area contributed by atoms with Gasteiger partial charge in [-0.15, -0.1) is 0 Å². The Hall–Kier alpha value is -2.35. The summed E-state index contributed by atoms with van der Waals surface area (Å²) in [5, 5.41) is 9.81. The minimum atomic E-state index is -1.08. The van der Waals surface area contributed by atoms with E-state index in [0.29, 0.717) is 18.7 Å². The molecule has 6 nitrogen and oxygen atoms in total. The number of amides is 1. The molecule has 0 radical (unpaired) electrons. The van der Waals surface area contributed by atoms with Gasteiger partial charge in [0.2, 0.25) is 0 Å². The van der Waals surface area contributed by atoms with Gasteiger partial charge >= 0.3 is 6.09 Å². The van der Waals surface area contributed by atoms with Gasteiger partial charge in [0.05, 0.1) is 18.8 Å². The van der Waals surface area contributed by atoms with Crippen LogP contribution in [0.5, 0.6) is 5.75 Å². The summed E-state index contributed by atoms with van der Waals surface area (Å²) in [6.45, 7) is 2.69. The van der Waals surface area contributed by atoms with Crippen LogP contribution < -0.4 is 4.74 Å². The van der Waals surface area contributed by atoms with Crippen LogP contribution in [0.2, 0.25) is 5.15 Å². The standard InChI is InChI=1S/C18H20ClF2N3O3/c1-3-15-22-17(19)16-13(23(18(25)26)6-7-24(15)16)5-4-10-8-12(21)14(27-2)9-11(10)20/h8-9,13H,3-7H2,1-2H3,(H,25,26). The summed E-state index contributed by atoms with van der Waals surface area (Å²) < 4.78 is 34.9. The number of hydrogen-bond donors (Lipinski definition) is 1. The Balaban J connectivity index is 1.91. The van der Waals surface area contributed by atoms with E-state index in [1.165, 1.54) is 12.0 Å². The number of rotatable bonds is 5. The van der Waals surface area contributed by atoms with E-state index < -0.39 is 23.8 Å². The highest BCUT2D eigenvalue weighted by molar-refractivity contribution is 6.30. The predicted molar refractivity (Wildman–Crippen MR) is 95.3 cm³/mol. The summed E-state index contributed by atoms with van der Waals surface area (Å²) in [5.74, 6) is -0.648. The average Bonchev–Trinajstić information content (AvgIpc) is 2.97. The van der Waals surface area contributed by atoms with Gasteiger partial charge in [-0.1, -0.05) is 18.5 Å². The molecule has 1 aromatic carbocycles. The van der Waals surface area contributed by atoms with Crippen LogP contribution in [-0.4, -0.2) is 39.3 Å². The topological polar surface area (TPSA) is 67.6 Å². The Bertz CT molecular complexity index is 872. The molecule has 1 aliphatic heterocycles. The highest BCUT2D eigenvalue weighted by Crippen LogP contribution is 2.36. The van der Waals surface area contributed by atoms with Crippen LogP contribution in [0.3, 0.4) is 0 Å². The number of hydrogen-bond acceptors (Lipinski definition) is 3. The third kappa shape index (κ3) is 3.58. The van der Waals surface area contributed by atoms with E-state index in [1.54, 1.807) is 0 Å². The summed E-state index contributed by atoms with van der Waals surface area (Å²) in [5.41, 5.74) is 0.763. The first kappa shape index (κ1) is 19.4. The number of fused-ring (bicyclic) bond motifs is 1. The lowest BCUT2D eigenvalue weighted by Gasteiger charge is -2.35. The van der Waals surface area contributed by atoms with Gasteiger partial charge in [0, 0.05) is 25.6 Å². The molecule has 0 aliphatic carbocycles. The molecule has 9 heteroatoms. The number of methoxy groups -OCH3 is 1. The molecule has 0 bridgehead atoms. The third-order valence-electron chi connectivity index (χ3n) is 4.87. The Labute approximate surface area is 160 Å². The maximum absolute atomic E-state index is 14.2. The molecule has 0 saturated heterocycles. The lowest BCUT2D eigenvalue weighted by Crippen LogP contribution is -2.42. The molecule has 2 aromatic rings. The number of benzene rings is 1. The molecule has 1 N–H and O–H groups in total. The summed E-state index contributed by atoms with van der Waals surface area (Å²) in [7, 11) is 1.26. The van der Waals surface area contributed by atoms with Crippen molar-refractivity contribution in [1.82, 2.24) is 14.5 Å². The molecular formula is C18H20ClF2N3O3. The van der Waals surface area contributed by atoms with Crippen LogP contribution in [-0.2, 0) is 19.4 Å². The van der Waals surface area contributed by atoms with Crippen molar-refractivity contribution in [2.45, 2.75) is 38.8 Å². The number of ether oxygens (including phenoxy) is 1. The quantitative estimate of drug-likeness (QED) is 0.823. The zero-order valence-electron chi connectivity index (χ0n) is 15.0. The number of nitrogens with zero attached hydrogens (tertiary/aromatic N) is 3. The van der Waals surface area contributed by atoms with E-state index in [2.05, 4.69) is 4.98 Å². The summed E-state index contributed by atoms with van der Waals surface area (Å²) in [6, 6.07) is 1.49. The Morgan fingerprint density at radius 1 is 1.37 bits per heavy atom. The van der Waals surface area contributed by atoms with Gasteiger partial charge in [0.25, 0.3) is 0 Å². The fourth-order valence-corrected chi connectivity index (χ4v) is 3.89. The molecule has 1 aliphatic rings. The van der Waals surface area contributed by atoms with Crippen LogP contribution in [0.1, 0.15) is 36.5 Å². The van der Waals surface area contributed by atoms with Crippen molar-refractivity contribution in [3.05, 3.63) is 46.0 Å². The van der Waals surface area contributed by atoms with E-state index in [4.69, 9.17) is 16.3 Å². The largest absolute Gasteiger partial charge is 0.494 e. The van der Waals surface area contributed by atoms with E-state index in [9.17, 15) is 18.7 Å². The van der Waals surface area contributed by atoms with E-state index >= 15 is 0 Å². The van der Waals surface area contributed by atoms with Crippen LogP contribution in [0.15, 0.2) is 12.1 Å². The normalized spacial score (nSPS) is 16.3. The highest BCUT2D eigenvalue weighted by atomic mass is 35.5. The number of carboxylic acid groups (broad SMARTS) is 1. The molecule has 146 valence electrons. The predicted octanol–water partition coefficient (Wildman–Crippen LogP) is 4.05. The molecule has 0 spiro atoms. The molecular weight excluding hydrogens is 380 g/mol. The number of imidazole rings is 1. The van der Waals surface area contributed by atoms with Gasteiger partial charge in [-0.25, -0.2) is 18.6 Å². The fraction of sp³-hybridized carbons (Fsp3) is 0.444. The number of aromatic nitrogens is 2.